The molecule has 1 rings (SSSR count). The van der Waals surface area contributed by atoms with Gasteiger partial charge in [-0.15, -0.1) is 0 Å². The summed E-state index contributed by atoms with van der Waals surface area (Å²) in [5.74, 6) is 0.721. The van der Waals surface area contributed by atoms with E-state index < -0.39 is 0 Å². The molecular formula is C32H62N2O2. The standard InChI is InChI=1S/C32H62N2O2/c1-5-6-7-8-9-10-11-12-13-14-15-16-17-18-19-22-28-36-29-30-24-20-21-25-31(30)32(35)34(4)27-23-26-33(2)3/h20-21,30-31H,5-19,22-29H2,1-4H3. The molecule has 0 bridgehead atoms. The lowest BCUT2D eigenvalue weighted by molar-refractivity contribution is -0.137. The minimum absolute atomic E-state index is 0.0881. The highest BCUT2D eigenvalue weighted by atomic mass is 16.5. The van der Waals surface area contributed by atoms with Crippen molar-refractivity contribution in [2.24, 2.45) is 11.8 Å². The lowest BCUT2D eigenvalue weighted by atomic mass is 9.82. The van der Waals surface area contributed by atoms with Crippen molar-refractivity contribution in [1.82, 2.24) is 9.80 Å². The highest BCUT2D eigenvalue weighted by molar-refractivity contribution is 5.79. The van der Waals surface area contributed by atoms with E-state index in [1.807, 2.05) is 11.9 Å². The molecular weight excluding hydrogens is 444 g/mol. The number of carbonyl (C=O) groups is 1. The lowest BCUT2D eigenvalue weighted by Gasteiger charge is -2.31. The Balaban J connectivity index is 1.97. The zero-order valence-electron chi connectivity index (χ0n) is 24.8. The van der Waals surface area contributed by atoms with Crippen molar-refractivity contribution < 1.29 is 9.53 Å². The fourth-order valence-corrected chi connectivity index (χ4v) is 5.36. The van der Waals surface area contributed by atoms with Crippen molar-refractivity contribution in [3.05, 3.63) is 12.2 Å². The fraction of sp³-hybridized carbons (Fsp3) is 0.906. The maximum Gasteiger partial charge on any atom is 0.226 e. The summed E-state index contributed by atoms with van der Waals surface area (Å²) in [4.78, 5) is 17.1. The van der Waals surface area contributed by atoms with Gasteiger partial charge < -0.3 is 14.5 Å². The van der Waals surface area contributed by atoms with Crippen LogP contribution < -0.4 is 0 Å². The highest BCUT2D eigenvalue weighted by Crippen LogP contribution is 2.27. The monoisotopic (exact) mass is 506 g/mol. The second-order valence-electron chi connectivity index (χ2n) is 11.6. The van der Waals surface area contributed by atoms with E-state index in [2.05, 4.69) is 38.1 Å². The van der Waals surface area contributed by atoms with Gasteiger partial charge in [-0.25, -0.2) is 0 Å². The SMILES string of the molecule is CCCCCCCCCCCCCCCCCCOCC1CC=CCC1C(=O)N(C)CCCN(C)C. The number of ether oxygens (including phenoxy) is 1. The Kier molecular flexibility index (Phi) is 21.4. The van der Waals surface area contributed by atoms with E-state index in [-0.39, 0.29) is 5.92 Å². The van der Waals surface area contributed by atoms with E-state index >= 15 is 0 Å². The van der Waals surface area contributed by atoms with Gasteiger partial charge in [-0.3, -0.25) is 4.79 Å². The minimum Gasteiger partial charge on any atom is -0.381 e. The highest BCUT2D eigenvalue weighted by Gasteiger charge is 2.30. The Morgan fingerprint density at radius 3 is 1.72 bits per heavy atom. The summed E-state index contributed by atoms with van der Waals surface area (Å²) in [6.45, 7) is 5.72. The molecule has 0 aromatic heterocycles. The van der Waals surface area contributed by atoms with E-state index in [9.17, 15) is 4.79 Å². The molecule has 2 atom stereocenters. The molecule has 1 aliphatic carbocycles. The van der Waals surface area contributed by atoms with Crippen LogP contribution in [0, 0.1) is 11.8 Å². The van der Waals surface area contributed by atoms with Gasteiger partial charge in [0.05, 0.1) is 6.61 Å². The van der Waals surface area contributed by atoms with Crippen molar-refractivity contribution in [3.63, 3.8) is 0 Å². The maximum atomic E-state index is 13.0. The molecule has 0 fully saturated rings. The number of hydrogen-bond acceptors (Lipinski definition) is 3. The number of amides is 1. The van der Waals surface area contributed by atoms with Crippen molar-refractivity contribution in [2.45, 2.75) is 129 Å². The van der Waals surface area contributed by atoms with Crippen molar-refractivity contribution in [3.8, 4) is 0 Å². The topological polar surface area (TPSA) is 32.8 Å². The molecule has 0 saturated heterocycles. The van der Waals surface area contributed by atoms with Crippen LogP contribution in [0.1, 0.15) is 129 Å². The van der Waals surface area contributed by atoms with E-state index in [0.29, 0.717) is 11.8 Å². The Morgan fingerprint density at radius 2 is 1.19 bits per heavy atom. The zero-order chi connectivity index (χ0) is 26.3. The largest absolute Gasteiger partial charge is 0.381 e. The third kappa shape index (κ3) is 17.6. The van der Waals surface area contributed by atoms with Crippen LogP contribution in [0.25, 0.3) is 0 Å². The Labute approximate surface area is 225 Å². The molecule has 0 aromatic carbocycles. The second-order valence-corrected chi connectivity index (χ2v) is 11.6. The van der Waals surface area contributed by atoms with E-state index in [1.54, 1.807) is 0 Å². The number of carbonyl (C=O) groups excluding carboxylic acids is 1. The maximum absolute atomic E-state index is 13.0. The molecule has 4 nitrogen and oxygen atoms in total. The average molecular weight is 507 g/mol. The van der Waals surface area contributed by atoms with Crippen LogP contribution >= 0.6 is 0 Å². The first kappa shape index (κ1) is 33.2. The van der Waals surface area contributed by atoms with Crippen molar-refractivity contribution in [1.29, 1.82) is 0 Å². The number of allylic oxidation sites excluding steroid dienone is 2. The van der Waals surface area contributed by atoms with Crippen LogP contribution in [0.2, 0.25) is 0 Å². The van der Waals surface area contributed by atoms with Gasteiger partial charge >= 0.3 is 0 Å². The normalized spacial score (nSPS) is 17.7. The van der Waals surface area contributed by atoms with Crippen LogP contribution in [0.5, 0.6) is 0 Å². The molecule has 0 saturated carbocycles. The molecule has 1 amide bonds. The molecule has 2 unspecified atom stereocenters. The third-order valence-electron chi connectivity index (χ3n) is 7.83. The third-order valence-corrected chi connectivity index (χ3v) is 7.83. The van der Waals surface area contributed by atoms with E-state index in [1.165, 1.54) is 96.3 Å². The van der Waals surface area contributed by atoms with Gasteiger partial charge in [-0.05, 0) is 52.2 Å². The molecule has 0 aromatic rings. The zero-order valence-corrected chi connectivity index (χ0v) is 24.8. The minimum atomic E-state index is 0.0881. The summed E-state index contributed by atoms with van der Waals surface area (Å²) in [6, 6.07) is 0. The van der Waals surface area contributed by atoms with Gasteiger partial charge in [0.25, 0.3) is 0 Å². The number of rotatable bonds is 24. The molecule has 1 aliphatic rings. The van der Waals surface area contributed by atoms with Gasteiger partial charge in [0.2, 0.25) is 5.91 Å². The summed E-state index contributed by atoms with van der Waals surface area (Å²) in [6.07, 6.45) is 29.6. The van der Waals surface area contributed by atoms with Crippen molar-refractivity contribution in [2.75, 3.05) is 47.4 Å². The quantitative estimate of drug-likeness (QED) is 0.0975. The summed E-state index contributed by atoms with van der Waals surface area (Å²) < 4.78 is 6.05. The fourth-order valence-electron chi connectivity index (χ4n) is 5.36. The summed E-state index contributed by atoms with van der Waals surface area (Å²) in [5, 5.41) is 0. The molecule has 0 radical (unpaired) electrons. The van der Waals surface area contributed by atoms with Gasteiger partial charge in [0.1, 0.15) is 0 Å². The number of nitrogens with zero attached hydrogens (tertiary/aromatic N) is 2. The summed E-state index contributed by atoms with van der Waals surface area (Å²) in [7, 11) is 6.13. The predicted octanol–water partition coefficient (Wildman–Crippen LogP) is 8.26. The Morgan fingerprint density at radius 1 is 0.694 bits per heavy atom. The van der Waals surface area contributed by atoms with Crippen LogP contribution in [0.15, 0.2) is 12.2 Å². The molecule has 0 aliphatic heterocycles. The first-order valence-corrected chi connectivity index (χ1v) is 15.7. The average Bonchev–Trinajstić information content (AvgIpc) is 2.87. The second kappa shape index (κ2) is 23.3. The smallest absolute Gasteiger partial charge is 0.226 e. The first-order valence-electron chi connectivity index (χ1n) is 15.7. The van der Waals surface area contributed by atoms with E-state index in [0.717, 1.165) is 52.0 Å². The van der Waals surface area contributed by atoms with Crippen LogP contribution in [-0.2, 0) is 9.53 Å². The molecule has 36 heavy (non-hydrogen) atoms. The molecule has 4 heteroatoms. The van der Waals surface area contributed by atoms with Gasteiger partial charge in [0, 0.05) is 26.1 Å². The predicted molar refractivity (Wildman–Crippen MR) is 157 cm³/mol. The van der Waals surface area contributed by atoms with Gasteiger partial charge in [-0.2, -0.15) is 0 Å². The van der Waals surface area contributed by atoms with Crippen molar-refractivity contribution >= 4 is 5.91 Å². The molecule has 0 N–H and O–H groups in total. The van der Waals surface area contributed by atoms with Crippen LogP contribution in [0.3, 0.4) is 0 Å². The van der Waals surface area contributed by atoms with Gasteiger partial charge in [0.15, 0.2) is 0 Å². The van der Waals surface area contributed by atoms with Gasteiger partial charge in [-0.1, -0.05) is 115 Å². The van der Waals surface area contributed by atoms with Crippen LogP contribution in [-0.4, -0.2) is 63.2 Å². The summed E-state index contributed by atoms with van der Waals surface area (Å²) in [5.41, 5.74) is 0. The molecule has 0 heterocycles. The van der Waals surface area contributed by atoms with Crippen LogP contribution in [0.4, 0.5) is 0 Å². The lowest BCUT2D eigenvalue weighted by Crippen LogP contribution is -2.39. The summed E-state index contributed by atoms with van der Waals surface area (Å²) >= 11 is 0. The van der Waals surface area contributed by atoms with E-state index in [4.69, 9.17) is 4.74 Å². The molecule has 0 spiro atoms. The first-order chi connectivity index (χ1) is 17.6. The Hall–Kier alpha value is -0.870. The number of hydrogen-bond donors (Lipinski definition) is 0. The molecule has 212 valence electrons. The Bertz CT molecular complexity index is 534. The number of unbranched alkanes of at least 4 members (excludes halogenated alkanes) is 15.